The minimum atomic E-state index is -1.37. The molecular weight excluding hydrogens is 764 g/mol. The molecule has 2 atom stereocenters. The van der Waals surface area contributed by atoms with Crippen molar-refractivity contribution in [3.8, 4) is 40.5 Å². The maximum absolute atomic E-state index is 12.7. The van der Waals surface area contributed by atoms with Gasteiger partial charge in [-0.1, -0.05) is 35.5 Å². The van der Waals surface area contributed by atoms with Gasteiger partial charge < -0.3 is 40.7 Å². The van der Waals surface area contributed by atoms with Crippen LogP contribution in [0.1, 0.15) is 57.4 Å². The minimum absolute atomic E-state index is 0.0299. The predicted octanol–water partition coefficient (Wildman–Crippen LogP) is 5.26. The number of hydrogen-bond donors (Lipinski definition) is 4. The first-order valence-electron chi connectivity index (χ1n) is 17.0. The topological polar surface area (TPSA) is 259 Å². The average molecular weight is 803 g/mol. The number of halogens is 1. The maximum Gasteiger partial charge on any atom is 0.408 e. The number of benzene rings is 2. The Labute approximate surface area is 331 Å². The van der Waals surface area contributed by atoms with E-state index >= 15 is 0 Å². The van der Waals surface area contributed by atoms with Gasteiger partial charge in [0.1, 0.15) is 58.2 Å². The SMILES string of the molecule is C[C@H](NC(=O)[C@H](CC(N)=O)NC(=O)OC(C)(C)C)C(=O)OCCCOc1ccc(-c2c(C#N)c(N)nc(SCc3coc(-c4ccc(Cl)cc4)n3)c2C#N)cc1. The van der Waals surface area contributed by atoms with Gasteiger partial charge in [0, 0.05) is 28.3 Å². The van der Waals surface area contributed by atoms with Crippen LogP contribution >= 0.6 is 23.4 Å². The molecule has 0 aliphatic rings. The molecule has 0 aliphatic carbocycles. The summed E-state index contributed by atoms with van der Waals surface area (Å²) in [4.78, 5) is 57.7. The number of carbonyl (C=O) groups excluding carboxylic acids is 4. The highest BCUT2D eigenvalue weighted by Crippen LogP contribution is 2.37. The molecule has 0 bridgehead atoms. The second-order valence-electron chi connectivity index (χ2n) is 13.1. The Morgan fingerprint density at radius 1 is 0.964 bits per heavy atom. The first kappa shape index (κ1) is 42.4. The van der Waals surface area contributed by atoms with E-state index in [1.807, 2.05) is 0 Å². The molecule has 4 aromatic rings. The van der Waals surface area contributed by atoms with Gasteiger partial charge in [-0.25, -0.2) is 19.6 Å². The van der Waals surface area contributed by atoms with Gasteiger partial charge in [0.25, 0.3) is 0 Å². The van der Waals surface area contributed by atoms with E-state index in [0.29, 0.717) is 50.7 Å². The highest BCUT2D eigenvalue weighted by molar-refractivity contribution is 7.98. The van der Waals surface area contributed by atoms with Crippen molar-refractivity contribution in [1.82, 2.24) is 20.6 Å². The monoisotopic (exact) mass is 802 g/mol. The zero-order valence-corrected chi connectivity index (χ0v) is 32.5. The number of pyridine rings is 1. The number of anilines is 1. The van der Waals surface area contributed by atoms with Crippen molar-refractivity contribution in [2.24, 2.45) is 5.73 Å². The molecule has 0 unspecified atom stereocenters. The van der Waals surface area contributed by atoms with E-state index < -0.39 is 48.0 Å². The lowest BCUT2D eigenvalue weighted by atomic mass is 9.97. The third-order valence-electron chi connectivity index (χ3n) is 7.49. The Morgan fingerprint density at radius 2 is 1.62 bits per heavy atom. The minimum Gasteiger partial charge on any atom is -0.493 e. The number of rotatable bonds is 16. The second-order valence-corrected chi connectivity index (χ2v) is 14.5. The van der Waals surface area contributed by atoms with Gasteiger partial charge in [-0.05, 0) is 69.7 Å². The quantitative estimate of drug-likeness (QED) is 0.0640. The number of primary amides is 1. The van der Waals surface area contributed by atoms with Crippen LogP contribution in [0.25, 0.3) is 22.6 Å². The number of esters is 1. The Morgan fingerprint density at radius 3 is 2.25 bits per heavy atom. The van der Waals surface area contributed by atoms with Crippen molar-refractivity contribution >= 4 is 53.1 Å². The van der Waals surface area contributed by atoms with E-state index in [4.69, 9.17) is 41.7 Å². The molecule has 16 nitrogen and oxygen atoms in total. The zero-order chi connectivity index (χ0) is 41.0. The molecule has 0 saturated carbocycles. The van der Waals surface area contributed by atoms with E-state index in [-0.39, 0.29) is 30.2 Å². The van der Waals surface area contributed by atoms with E-state index in [1.165, 1.54) is 24.9 Å². The van der Waals surface area contributed by atoms with Crippen molar-refractivity contribution in [3.05, 3.63) is 76.6 Å². The van der Waals surface area contributed by atoms with Gasteiger partial charge in [-0.15, -0.1) is 0 Å². The molecular formula is C38H39ClN8O8S. The fourth-order valence-corrected chi connectivity index (χ4v) is 5.93. The van der Waals surface area contributed by atoms with E-state index in [0.717, 1.165) is 5.56 Å². The second kappa shape index (κ2) is 19.3. The van der Waals surface area contributed by atoms with Crippen LogP contribution < -0.4 is 26.8 Å². The largest absolute Gasteiger partial charge is 0.493 e. The van der Waals surface area contributed by atoms with Gasteiger partial charge >= 0.3 is 12.1 Å². The summed E-state index contributed by atoms with van der Waals surface area (Å²) >= 11 is 7.20. The van der Waals surface area contributed by atoms with Crippen LogP contribution in [0.4, 0.5) is 10.6 Å². The zero-order valence-electron chi connectivity index (χ0n) is 30.9. The number of amides is 3. The van der Waals surface area contributed by atoms with E-state index in [2.05, 4.69) is 32.7 Å². The number of oxazole rings is 1. The molecule has 4 rings (SSSR count). The number of carbonyl (C=O) groups is 4. The van der Waals surface area contributed by atoms with Crippen LogP contribution in [0.5, 0.6) is 5.75 Å². The summed E-state index contributed by atoms with van der Waals surface area (Å²) in [6.45, 7) is 6.40. The number of aromatic nitrogens is 2. The summed E-state index contributed by atoms with van der Waals surface area (Å²) in [5.74, 6) is -1.26. The molecule has 0 aliphatic heterocycles. The molecule has 18 heteroatoms. The van der Waals surface area contributed by atoms with Crippen LogP contribution in [-0.2, 0) is 29.6 Å². The Kier molecular flexibility index (Phi) is 14.7. The molecule has 6 N–H and O–H groups in total. The number of nitrogens with zero attached hydrogens (tertiary/aromatic N) is 4. The maximum atomic E-state index is 12.7. The van der Waals surface area contributed by atoms with Crippen LogP contribution in [-0.4, -0.2) is 64.7 Å². The molecule has 3 amide bonds. The van der Waals surface area contributed by atoms with Gasteiger partial charge in [0.05, 0.1) is 30.9 Å². The number of nitrogen functional groups attached to an aromatic ring is 1. The molecule has 0 saturated heterocycles. The number of ether oxygens (including phenoxy) is 3. The molecule has 0 spiro atoms. The van der Waals surface area contributed by atoms with Crippen molar-refractivity contribution in [3.63, 3.8) is 0 Å². The third-order valence-corrected chi connectivity index (χ3v) is 8.75. The lowest BCUT2D eigenvalue weighted by Gasteiger charge is -2.23. The predicted molar refractivity (Wildman–Crippen MR) is 206 cm³/mol. The Hall–Kier alpha value is -6.30. The molecule has 2 aromatic heterocycles. The number of thioether (sulfide) groups is 1. The highest BCUT2D eigenvalue weighted by atomic mass is 35.5. The smallest absolute Gasteiger partial charge is 0.408 e. The summed E-state index contributed by atoms with van der Waals surface area (Å²) in [7, 11) is 0. The van der Waals surface area contributed by atoms with Gasteiger partial charge in [0.2, 0.25) is 17.7 Å². The first-order chi connectivity index (χ1) is 26.6. The number of alkyl carbamates (subject to hydrolysis) is 1. The molecule has 2 aromatic carbocycles. The van der Waals surface area contributed by atoms with Crippen molar-refractivity contribution in [2.75, 3.05) is 18.9 Å². The fourth-order valence-electron chi connectivity index (χ4n) is 4.93. The molecule has 2 heterocycles. The van der Waals surface area contributed by atoms with Gasteiger partial charge in [-0.2, -0.15) is 10.5 Å². The fraction of sp³-hybridized carbons (Fsp3) is 0.316. The third kappa shape index (κ3) is 12.1. The first-order valence-corrected chi connectivity index (χ1v) is 18.4. The van der Waals surface area contributed by atoms with Crippen LogP contribution in [0.15, 0.2) is 64.2 Å². The number of nitrogens with two attached hydrogens (primary N) is 2. The summed E-state index contributed by atoms with van der Waals surface area (Å²) in [6.07, 6.45) is 0.363. The summed E-state index contributed by atoms with van der Waals surface area (Å²) in [5, 5.41) is 25.7. The van der Waals surface area contributed by atoms with Gasteiger partial charge in [-0.3, -0.25) is 9.59 Å². The molecule has 56 heavy (non-hydrogen) atoms. The van der Waals surface area contributed by atoms with Crippen LogP contribution in [0, 0.1) is 22.7 Å². The normalized spacial score (nSPS) is 12.0. The average Bonchev–Trinajstić information content (AvgIpc) is 3.61. The van der Waals surface area contributed by atoms with E-state index in [1.54, 1.807) is 69.3 Å². The highest BCUT2D eigenvalue weighted by Gasteiger charge is 2.28. The molecule has 0 fully saturated rings. The molecule has 0 radical (unpaired) electrons. The van der Waals surface area contributed by atoms with Crippen molar-refractivity contribution < 1.29 is 37.8 Å². The lowest BCUT2D eigenvalue weighted by molar-refractivity contribution is -0.147. The summed E-state index contributed by atoms with van der Waals surface area (Å²) in [5.41, 5.74) is 13.0. The number of hydrogen-bond acceptors (Lipinski definition) is 14. The number of nitriles is 2. The summed E-state index contributed by atoms with van der Waals surface area (Å²) in [6, 6.07) is 15.5. The Balaban J connectivity index is 1.31. The lowest BCUT2D eigenvalue weighted by Crippen LogP contribution is -2.53. The van der Waals surface area contributed by atoms with Crippen molar-refractivity contribution in [1.29, 1.82) is 10.5 Å². The van der Waals surface area contributed by atoms with Gasteiger partial charge in [0.15, 0.2) is 0 Å². The number of nitrogens with one attached hydrogen (secondary N) is 2. The summed E-state index contributed by atoms with van der Waals surface area (Å²) < 4.78 is 21.8. The van der Waals surface area contributed by atoms with Crippen molar-refractivity contribution in [2.45, 2.75) is 69.0 Å². The van der Waals surface area contributed by atoms with E-state index in [9.17, 15) is 29.7 Å². The van der Waals surface area contributed by atoms with Crippen LogP contribution in [0.2, 0.25) is 5.02 Å². The standard InChI is InChI=1S/C38H39ClN8O8S/c1-21(44-33(49)29(16-30(42)48)46-37(51)55-38(2,3)4)36(50)53-15-5-14-52-26-12-8-22(9-13-26)31-27(17-40)32(43)47-35(28(31)18-41)56-20-25-19-54-34(45-25)23-6-10-24(39)11-7-23/h6-13,19,21,29H,5,14-16,20H2,1-4H3,(H2,42,48)(H2,43,47)(H,44,49)(H,46,51)/t21-,29-/m0/s1. The van der Waals surface area contributed by atoms with Crippen LogP contribution in [0.3, 0.4) is 0 Å². The molecule has 292 valence electrons. The Bertz CT molecular complexity index is 2140.